The summed E-state index contributed by atoms with van der Waals surface area (Å²) in [5, 5.41) is 27.7. The minimum Gasteiger partial charge on any atom is -0.497 e. The van der Waals surface area contributed by atoms with Crippen LogP contribution in [0.25, 0.3) is 0 Å². The van der Waals surface area contributed by atoms with Crippen LogP contribution in [-0.4, -0.2) is 92.1 Å². The minimum atomic E-state index is -1.46. The number of hydrogen-bond donors (Lipinski definition) is 3. The van der Waals surface area contributed by atoms with E-state index in [1.54, 1.807) is 37.5 Å². The first kappa shape index (κ1) is 49.6. The van der Waals surface area contributed by atoms with E-state index in [0.717, 1.165) is 61.6 Å². The Labute approximate surface area is 405 Å². The Balaban J connectivity index is 1.27. The van der Waals surface area contributed by atoms with Crippen molar-refractivity contribution in [2.75, 3.05) is 52.8 Å². The molecule has 15 heteroatoms. The van der Waals surface area contributed by atoms with Crippen molar-refractivity contribution in [1.82, 2.24) is 4.90 Å². The molecular weight excluding hydrogens is 883 g/mol. The molecule has 3 N–H and O–H groups in total. The van der Waals surface area contributed by atoms with Crippen molar-refractivity contribution >= 4 is 23.4 Å². The van der Waals surface area contributed by atoms with Gasteiger partial charge in [-0.1, -0.05) is 61.9 Å². The summed E-state index contributed by atoms with van der Waals surface area (Å²) in [4.78, 5) is 36.8. The largest absolute Gasteiger partial charge is 0.497 e. The van der Waals surface area contributed by atoms with E-state index >= 15 is 4.79 Å². The number of ether oxygens (including phenoxy) is 7. The SMILES string of the molecule is C=CCO[C@@]12Oc3ccc(OC(=O)Nc4ccc(OC)cc4OC)cc3[C@H]3[C@H](CCCCO)[C@@H](CCCCO)C=C(C(=NOCC)C[C@@H]1N(Cc1ccc4c(c1)OCO4)C(=O)CCC1CCCC1)[C@H]32. The number of benzene rings is 3. The highest BCUT2D eigenvalue weighted by atomic mass is 16.7. The van der Waals surface area contributed by atoms with Gasteiger partial charge in [0.15, 0.2) is 11.5 Å². The summed E-state index contributed by atoms with van der Waals surface area (Å²) in [5.41, 5.74) is 3.73. The molecule has 3 aromatic rings. The van der Waals surface area contributed by atoms with Crippen LogP contribution in [0.1, 0.15) is 107 Å². The summed E-state index contributed by atoms with van der Waals surface area (Å²) < 4.78 is 43.1. The Hall–Kier alpha value is -5.77. The van der Waals surface area contributed by atoms with Crippen molar-refractivity contribution in [3.8, 4) is 34.5 Å². The van der Waals surface area contributed by atoms with Crippen molar-refractivity contribution in [3.63, 3.8) is 0 Å². The first-order valence-corrected chi connectivity index (χ1v) is 24.8. The maximum absolute atomic E-state index is 15.3. The zero-order valence-electron chi connectivity index (χ0n) is 40.3. The molecule has 0 spiro atoms. The number of hydrogen-bond acceptors (Lipinski definition) is 13. The lowest BCUT2D eigenvalue weighted by atomic mass is 9.55. The van der Waals surface area contributed by atoms with Crippen molar-refractivity contribution in [2.24, 2.45) is 28.8 Å². The van der Waals surface area contributed by atoms with Crippen molar-refractivity contribution < 1.29 is 57.8 Å². The van der Waals surface area contributed by atoms with E-state index in [0.29, 0.717) is 77.7 Å². The van der Waals surface area contributed by atoms with Gasteiger partial charge < -0.3 is 53.1 Å². The topological polar surface area (TPSA) is 176 Å². The zero-order chi connectivity index (χ0) is 48.3. The van der Waals surface area contributed by atoms with Crippen molar-refractivity contribution in [3.05, 3.63) is 90.0 Å². The second kappa shape index (κ2) is 23.2. The van der Waals surface area contributed by atoms with E-state index in [1.807, 2.05) is 42.2 Å². The van der Waals surface area contributed by atoms with Crippen LogP contribution in [0.15, 0.2) is 84.1 Å². The first-order chi connectivity index (χ1) is 33.7. The van der Waals surface area contributed by atoms with Gasteiger partial charge in [-0.25, -0.2) is 4.79 Å². The lowest BCUT2D eigenvalue weighted by molar-refractivity contribution is -0.258. The molecule has 372 valence electrons. The number of allylic oxidation sites excluding steroid dienone is 1. The predicted octanol–water partition coefficient (Wildman–Crippen LogP) is 9.70. The van der Waals surface area contributed by atoms with Crippen LogP contribution in [0.4, 0.5) is 10.5 Å². The van der Waals surface area contributed by atoms with Crippen LogP contribution >= 0.6 is 0 Å². The molecule has 2 saturated carbocycles. The fourth-order valence-electron chi connectivity index (χ4n) is 11.4. The standard InChI is InChI=1S/C54H69N3O12/c1-5-27-66-54-49(57(50(60)24-18-35-13-7-8-14-35)33-36-17-22-46-48(28-36)65-34-64-46)32-44(56-67-6-2)41-29-37(15-9-11-25-58)40(16-10-12-26-59)51(52(41)54)42-30-39(20-23-45(42)69-54)68-53(61)55-43-21-19-38(62-3)31-47(43)63-4/h5,17,19-23,28-31,35,37,40,49,51-52,58-59H,1,6-16,18,24-27,32-34H2,2-4H3,(H,55,61)/t37-,40+,49-,51+,52+,54+/m0/s1. The molecule has 2 heterocycles. The summed E-state index contributed by atoms with van der Waals surface area (Å²) >= 11 is 0. The molecule has 0 saturated heterocycles. The van der Waals surface area contributed by atoms with Crippen molar-refractivity contribution in [2.45, 2.75) is 115 Å². The number of fused-ring (bicyclic) bond motifs is 3. The van der Waals surface area contributed by atoms with Crippen LogP contribution in [0.5, 0.6) is 34.5 Å². The molecule has 0 bridgehead atoms. The normalized spacial score (nSPS) is 23.8. The maximum Gasteiger partial charge on any atom is 0.417 e. The molecule has 2 fully saturated rings. The Kier molecular flexibility index (Phi) is 16.7. The molecule has 3 aromatic carbocycles. The Morgan fingerprint density at radius 3 is 2.43 bits per heavy atom. The molecule has 8 rings (SSSR count). The van der Waals surface area contributed by atoms with Gasteiger partial charge in [-0.2, -0.15) is 0 Å². The minimum absolute atomic E-state index is 0.0132. The summed E-state index contributed by atoms with van der Waals surface area (Å²) in [5.74, 6) is 1.25. The van der Waals surface area contributed by atoms with Gasteiger partial charge in [0.25, 0.3) is 0 Å². The molecule has 69 heavy (non-hydrogen) atoms. The van der Waals surface area contributed by atoms with Crippen LogP contribution in [-0.2, 0) is 20.9 Å². The second-order valence-electron chi connectivity index (χ2n) is 18.7. The number of rotatable bonds is 23. The van der Waals surface area contributed by atoms with Crippen LogP contribution in [0, 0.1) is 23.7 Å². The Bertz CT molecular complexity index is 2330. The maximum atomic E-state index is 15.3. The molecule has 5 aliphatic rings. The summed E-state index contributed by atoms with van der Waals surface area (Å²) in [6.07, 6.45) is 13.7. The van der Waals surface area contributed by atoms with Gasteiger partial charge in [-0.05, 0) is 110 Å². The molecule has 2 aliphatic heterocycles. The average molecular weight is 952 g/mol. The summed E-state index contributed by atoms with van der Waals surface area (Å²) in [6, 6.07) is 15.6. The van der Waals surface area contributed by atoms with E-state index in [9.17, 15) is 15.0 Å². The highest BCUT2D eigenvalue weighted by Crippen LogP contribution is 2.62. The number of methoxy groups -OCH3 is 2. The smallest absolute Gasteiger partial charge is 0.417 e. The fraction of sp³-hybridized carbons (Fsp3) is 0.537. The lowest BCUT2D eigenvalue weighted by Crippen LogP contribution is -2.70. The highest BCUT2D eigenvalue weighted by Gasteiger charge is 2.65. The third-order valence-corrected chi connectivity index (χ3v) is 14.5. The summed E-state index contributed by atoms with van der Waals surface area (Å²) in [7, 11) is 3.07. The number of nitrogens with zero attached hydrogens (tertiary/aromatic N) is 2. The number of carbonyl (C=O) groups is 2. The van der Waals surface area contributed by atoms with E-state index < -0.39 is 23.8 Å². The fourth-order valence-corrected chi connectivity index (χ4v) is 11.4. The van der Waals surface area contributed by atoms with Gasteiger partial charge in [0, 0.05) is 50.1 Å². The molecule has 6 atom stereocenters. The monoisotopic (exact) mass is 951 g/mol. The molecular formula is C54H69N3O12. The molecule has 15 nitrogen and oxygen atoms in total. The van der Waals surface area contributed by atoms with E-state index in [1.165, 1.54) is 20.0 Å². The van der Waals surface area contributed by atoms with Gasteiger partial charge in [0.05, 0.1) is 38.1 Å². The van der Waals surface area contributed by atoms with Gasteiger partial charge in [-0.3, -0.25) is 10.1 Å². The predicted molar refractivity (Wildman–Crippen MR) is 260 cm³/mol. The van der Waals surface area contributed by atoms with E-state index in [4.69, 9.17) is 43.2 Å². The Morgan fingerprint density at radius 1 is 0.913 bits per heavy atom. The van der Waals surface area contributed by atoms with Gasteiger partial charge >= 0.3 is 6.09 Å². The molecule has 0 aromatic heterocycles. The van der Waals surface area contributed by atoms with E-state index in [2.05, 4.69) is 18.0 Å². The number of oxime groups is 1. The molecule has 0 unspecified atom stereocenters. The average Bonchev–Trinajstić information content (AvgIpc) is 4.08. The molecule has 2 amide bonds. The number of nitrogens with one attached hydrogen (secondary N) is 1. The first-order valence-electron chi connectivity index (χ1n) is 24.8. The number of carbonyl (C=O) groups excluding carboxylic acids is 2. The lowest BCUT2D eigenvalue weighted by Gasteiger charge is -2.60. The number of aliphatic hydroxyl groups is 2. The van der Waals surface area contributed by atoms with Crippen LogP contribution in [0.2, 0.25) is 0 Å². The van der Waals surface area contributed by atoms with Gasteiger partial charge in [0.2, 0.25) is 18.5 Å². The molecule has 3 aliphatic carbocycles. The molecule has 0 radical (unpaired) electrons. The Morgan fingerprint density at radius 2 is 1.68 bits per heavy atom. The zero-order valence-corrected chi connectivity index (χ0v) is 40.3. The quantitative estimate of drug-likeness (QED) is 0.0467. The van der Waals surface area contributed by atoms with Gasteiger partial charge in [-0.15, -0.1) is 6.58 Å². The number of aliphatic hydroxyl groups excluding tert-OH is 2. The van der Waals surface area contributed by atoms with Crippen molar-refractivity contribution in [1.29, 1.82) is 0 Å². The number of unbranched alkanes of at least 4 members (excludes halogenated alkanes) is 2. The van der Waals surface area contributed by atoms with Crippen LogP contribution in [0.3, 0.4) is 0 Å². The number of amides is 2. The second-order valence-corrected chi connectivity index (χ2v) is 18.7. The van der Waals surface area contributed by atoms with Crippen LogP contribution < -0.4 is 33.7 Å². The third kappa shape index (κ3) is 11.0. The third-order valence-electron chi connectivity index (χ3n) is 14.5. The number of anilines is 1. The highest BCUT2D eigenvalue weighted by molar-refractivity contribution is 6.03. The van der Waals surface area contributed by atoms with E-state index in [-0.39, 0.29) is 63.2 Å². The van der Waals surface area contributed by atoms with Gasteiger partial charge in [0.1, 0.15) is 35.6 Å². The summed E-state index contributed by atoms with van der Waals surface area (Å²) in [6.45, 7) is 6.94.